The van der Waals surface area contributed by atoms with Crippen LogP contribution >= 0.6 is 15.9 Å². The van der Waals surface area contributed by atoms with Crippen LogP contribution in [0.2, 0.25) is 0 Å². The number of nitrogens with zero attached hydrogens (tertiary/aromatic N) is 1. The highest BCUT2D eigenvalue weighted by molar-refractivity contribution is 9.10. The van der Waals surface area contributed by atoms with Crippen molar-refractivity contribution in [3.63, 3.8) is 0 Å². The van der Waals surface area contributed by atoms with Crippen LogP contribution in [0.3, 0.4) is 0 Å². The molecule has 0 unspecified atom stereocenters. The summed E-state index contributed by atoms with van der Waals surface area (Å²) in [5.74, 6) is -1.22. The first-order valence-electron chi connectivity index (χ1n) is 3.82. The van der Waals surface area contributed by atoms with Gasteiger partial charge in [-0.3, -0.25) is 0 Å². The van der Waals surface area contributed by atoms with Gasteiger partial charge >= 0.3 is 5.97 Å². The van der Waals surface area contributed by atoms with E-state index in [4.69, 9.17) is 10.3 Å². The zero-order chi connectivity index (χ0) is 10.6. The molecule has 0 heterocycles. The zero-order valence-corrected chi connectivity index (χ0v) is 8.73. The van der Waals surface area contributed by atoms with Crippen LogP contribution in [0, 0.1) is 0 Å². The Morgan fingerprint density at radius 2 is 2.21 bits per heavy atom. The van der Waals surface area contributed by atoms with Crippen molar-refractivity contribution in [2.24, 2.45) is 5.16 Å². The number of aliphatic carboxylic acids is 1. The van der Waals surface area contributed by atoms with Crippen LogP contribution in [0.15, 0.2) is 33.9 Å². The van der Waals surface area contributed by atoms with Crippen molar-refractivity contribution in [2.75, 3.05) is 0 Å². The minimum Gasteiger partial charge on any atom is -0.477 e. The van der Waals surface area contributed by atoms with Gasteiger partial charge in [-0.05, 0) is 17.7 Å². The molecular formula is C9H8BrNO3. The van der Waals surface area contributed by atoms with Gasteiger partial charge in [-0.1, -0.05) is 33.2 Å². The van der Waals surface area contributed by atoms with Crippen LogP contribution in [0.5, 0.6) is 0 Å². The zero-order valence-electron chi connectivity index (χ0n) is 7.14. The summed E-state index contributed by atoms with van der Waals surface area (Å²) in [6.07, 6.45) is 0.102. The number of carbonyl (C=O) groups is 1. The van der Waals surface area contributed by atoms with E-state index in [0.717, 1.165) is 10.0 Å². The number of hydrogen-bond donors (Lipinski definition) is 2. The van der Waals surface area contributed by atoms with E-state index in [0.29, 0.717) is 0 Å². The summed E-state index contributed by atoms with van der Waals surface area (Å²) >= 11 is 3.26. The van der Waals surface area contributed by atoms with E-state index in [9.17, 15) is 4.79 Å². The Balaban J connectivity index is 2.83. The summed E-state index contributed by atoms with van der Waals surface area (Å²) < 4.78 is 0.859. The van der Waals surface area contributed by atoms with Crippen molar-refractivity contribution in [3.05, 3.63) is 34.3 Å². The first kappa shape index (κ1) is 10.7. The third-order valence-electron chi connectivity index (χ3n) is 1.63. The molecule has 0 aromatic heterocycles. The first-order chi connectivity index (χ1) is 6.63. The lowest BCUT2D eigenvalue weighted by atomic mass is 10.1. The maximum atomic E-state index is 10.5. The Hall–Kier alpha value is -1.36. The fourth-order valence-electron chi connectivity index (χ4n) is 0.994. The minimum absolute atomic E-state index is 0.102. The Bertz CT molecular complexity index is 376. The van der Waals surface area contributed by atoms with Crippen LogP contribution in [-0.2, 0) is 11.2 Å². The quantitative estimate of drug-likeness (QED) is 0.494. The number of carboxylic acid groups (broad SMARTS) is 1. The number of carboxylic acids is 1. The number of hydrogen-bond acceptors (Lipinski definition) is 3. The van der Waals surface area contributed by atoms with Gasteiger partial charge in [-0.15, -0.1) is 0 Å². The molecule has 1 aromatic rings. The molecule has 1 aromatic carbocycles. The second kappa shape index (κ2) is 4.76. The van der Waals surface area contributed by atoms with Gasteiger partial charge in [0.2, 0.25) is 0 Å². The smallest absolute Gasteiger partial charge is 0.354 e. The summed E-state index contributed by atoms with van der Waals surface area (Å²) in [6, 6.07) is 7.16. The second-order valence-electron chi connectivity index (χ2n) is 2.66. The molecule has 0 atom stereocenters. The lowest BCUT2D eigenvalue weighted by Crippen LogP contribution is -2.15. The van der Waals surface area contributed by atoms with Gasteiger partial charge in [0.05, 0.1) is 0 Å². The SMILES string of the molecule is O=C(O)/C(Cc1cccc(Br)c1)=N/O. The minimum atomic E-state index is -1.22. The second-order valence-corrected chi connectivity index (χ2v) is 3.57. The molecule has 1 rings (SSSR count). The fraction of sp³-hybridized carbons (Fsp3) is 0.111. The van der Waals surface area contributed by atoms with Crippen LogP contribution in [0.1, 0.15) is 5.56 Å². The Kier molecular flexibility index (Phi) is 3.64. The monoisotopic (exact) mass is 257 g/mol. The van der Waals surface area contributed by atoms with E-state index < -0.39 is 5.97 Å². The normalized spacial score (nSPS) is 11.4. The van der Waals surface area contributed by atoms with E-state index in [1.165, 1.54) is 0 Å². The molecule has 0 bridgehead atoms. The Labute approximate surface area is 89.0 Å². The van der Waals surface area contributed by atoms with Gasteiger partial charge in [0.15, 0.2) is 5.71 Å². The van der Waals surface area contributed by atoms with E-state index in [1.54, 1.807) is 18.2 Å². The summed E-state index contributed by atoms with van der Waals surface area (Å²) in [6.45, 7) is 0. The number of halogens is 1. The van der Waals surface area contributed by atoms with Crippen molar-refractivity contribution >= 4 is 27.6 Å². The van der Waals surface area contributed by atoms with Gasteiger partial charge in [0.25, 0.3) is 0 Å². The molecule has 0 amide bonds. The van der Waals surface area contributed by atoms with Gasteiger partial charge in [-0.2, -0.15) is 0 Å². The lowest BCUT2D eigenvalue weighted by molar-refractivity contribution is -0.129. The number of oxime groups is 1. The number of benzene rings is 1. The summed E-state index contributed by atoms with van der Waals surface area (Å²) in [5.41, 5.74) is 0.498. The Morgan fingerprint density at radius 3 is 2.71 bits per heavy atom. The average molecular weight is 258 g/mol. The molecule has 74 valence electrons. The molecule has 0 fully saturated rings. The van der Waals surface area contributed by atoms with E-state index >= 15 is 0 Å². The van der Waals surface area contributed by atoms with Crippen LogP contribution < -0.4 is 0 Å². The van der Waals surface area contributed by atoms with Crippen LogP contribution in [0.4, 0.5) is 0 Å². The maximum Gasteiger partial charge on any atom is 0.354 e. The van der Waals surface area contributed by atoms with E-state index in [-0.39, 0.29) is 12.1 Å². The molecule has 0 saturated heterocycles. The van der Waals surface area contributed by atoms with E-state index in [2.05, 4.69) is 21.1 Å². The first-order valence-corrected chi connectivity index (χ1v) is 4.61. The number of rotatable bonds is 3. The predicted octanol–water partition coefficient (Wildman–Crippen LogP) is 1.91. The van der Waals surface area contributed by atoms with Crippen molar-refractivity contribution in [1.82, 2.24) is 0 Å². The molecule has 14 heavy (non-hydrogen) atoms. The van der Waals surface area contributed by atoms with Crippen molar-refractivity contribution in [1.29, 1.82) is 0 Å². The molecule has 0 radical (unpaired) electrons. The Morgan fingerprint density at radius 1 is 1.50 bits per heavy atom. The van der Waals surface area contributed by atoms with Crippen LogP contribution in [-0.4, -0.2) is 22.0 Å². The lowest BCUT2D eigenvalue weighted by Gasteiger charge is -2.00. The molecule has 5 heteroatoms. The average Bonchev–Trinajstić information content (AvgIpc) is 2.14. The molecule has 0 spiro atoms. The molecule has 4 nitrogen and oxygen atoms in total. The summed E-state index contributed by atoms with van der Waals surface area (Å²) in [7, 11) is 0. The van der Waals surface area contributed by atoms with Crippen molar-refractivity contribution in [3.8, 4) is 0 Å². The topological polar surface area (TPSA) is 69.9 Å². The molecule has 0 aliphatic heterocycles. The predicted molar refractivity (Wildman–Crippen MR) is 54.7 cm³/mol. The summed E-state index contributed by atoms with van der Waals surface area (Å²) in [4.78, 5) is 10.5. The highest BCUT2D eigenvalue weighted by Gasteiger charge is 2.10. The van der Waals surface area contributed by atoms with Gasteiger partial charge in [-0.25, -0.2) is 4.79 Å². The van der Waals surface area contributed by atoms with E-state index in [1.807, 2.05) is 6.07 Å². The largest absolute Gasteiger partial charge is 0.477 e. The molecule has 0 saturated carbocycles. The fourth-order valence-corrected chi connectivity index (χ4v) is 1.44. The molecule has 0 aliphatic rings. The van der Waals surface area contributed by atoms with Gasteiger partial charge in [0.1, 0.15) is 0 Å². The highest BCUT2D eigenvalue weighted by Crippen LogP contribution is 2.12. The standard InChI is InChI=1S/C9H8BrNO3/c10-7-3-1-2-6(4-7)5-8(11-14)9(12)13/h1-4,14H,5H2,(H,12,13)/b11-8+. The van der Waals surface area contributed by atoms with Gasteiger partial charge in [0, 0.05) is 10.9 Å². The molecule has 2 N–H and O–H groups in total. The summed E-state index contributed by atoms with van der Waals surface area (Å²) in [5, 5.41) is 19.7. The molecular weight excluding hydrogens is 250 g/mol. The van der Waals surface area contributed by atoms with Crippen molar-refractivity contribution in [2.45, 2.75) is 6.42 Å². The third-order valence-corrected chi connectivity index (χ3v) is 2.12. The van der Waals surface area contributed by atoms with Crippen LogP contribution in [0.25, 0.3) is 0 Å². The third kappa shape index (κ3) is 2.85. The maximum absolute atomic E-state index is 10.5. The molecule has 0 aliphatic carbocycles. The van der Waals surface area contributed by atoms with Crippen molar-refractivity contribution < 1.29 is 15.1 Å². The van der Waals surface area contributed by atoms with Gasteiger partial charge < -0.3 is 10.3 Å². The highest BCUT2D eigenvalue weighted by atomic mass is 79.9.